The fourth-order valence-electron chi connectivity index (χ4n) is 5.03. The summed E-state index contributed by atoms with van der Waals surface area (Å²) in [5.41, 5.74) is 4.76. The zero-order chi connectivity index (χ0) is 25.8. The number of phenolic OH excluding ortho intramolecular Hbond substituents is 1. The van der Waals surface area contributed by atoms with Crippen LogP contribution in [0.5, 0.6) is 5.75 Å². The number of urea groups is 1. The third kappa shape index (κ3) is 6.78. The Morgan fingerprint density at radius 1 is 1.00 bits per heavy atom. The molecule has 0 aliphatic carbocycles. The standard InChI is InChI=1S/C30H44N2O3/c1-29(2,3)24-19-21(20-25(27(24)34)30(4,5)6)14-15-22-11-7-8-13-26(22)31-28(35)32-17-10-9-12-23(32)16-18-33/h7-8,11,13,19-20,23,33-34H,9-10,12,14-18H2,1-6H3,(H,31,35). The number of aliphatic hydroxyl groups is 1. The average molecular weight is 481 g/mol. The highest BCUT2D eigenvalue weighted by atomic mass is 16.3. The second-order valence-electron chi connectivity index (χ2n) is 12.0. The summed E-state index contributed by atoms with van der Waals surface area (Å²) in [6.45, 7) is 13.6. The number of aliphatic hydroxyl groups excluding tert-OH is 1. The van der Waals surface area contributed by atoms with Gasteiger partial charge in [-0.15, -0.1) is 0 Å². The number of aryl methyl sites for hydroxylation is 2. The number of likely N-dealkylation sites (tertiary alicyclic amines) is 1. The Balaban J connectivity index is 1.81. The van der Waals surface area contributed by atoms with Crippen molar-refractivity contribution in [3.05, 3.63) is 58.7 Å². The zero-order valence-electron chi connectivity index (χ0n) is 22.4. The molecule has 1 heterocycles. The van der Waals surface area contributed by atoms with Crippen LogP contribution in [0.25, 0.3) is 0 Å². The Bertz CT molecular complexity index is 980. The molecule has 1 saturated heterocycles. The van der Waals surface area contributed by atoms with Gasteiger partial charge in [0.2, 0.25) is 0 Å². The predicted octanol–water partition coefficient (Wildman–Crippen LogP) is 6.54. The quantitative estimate of drug-likeness (QED) is 0.439. The topological polar surface area (TPSA) is 72.8 Å². The summed E-state index contributed by atoms with van der Waals surface area (Å²) < 4.78 is 0. The second-order valence-corrected chi connectivity index (χ2v) is 12.0. The molecule has 0 saturated carbocycles. The summed E-state index contributed by atoms with van der Waals surface area (Å²) in [5, 5.41) is 23.6. The van der Waals surface area contributed by atoms with E-state index in [0.717, 1.165) is 61.0 Å². The molecule has 1 atom stereocenters. The number of hydrogen-bond acceptors (Lipinski definition) is 3. The van der Waals surface area contributed by atoms with Crippen LogP contribution in [0.3, 0.4) is 0 Å². The number of phenols is 1. The number of para-hydroxylation sites is 1. The van der Waals surface area contributed by atoms with Gasteiger partial charge in [-0.25, -0.2) is 4.79 Å². The van der Waals surface area contributed by atoms with E-state index in [1.54, 1.807) is 0 Å². The Labute approximate surface area is 211 Å². The Morgan fingerprint density at radius 3 is 2.23 bits per heavy atom. The minimum Gasteiger partial charge on any atom is -0.507 e. The summed E-state index contributed by atoms with van der Waals surface area (Å²) in [7, 11) is 0. The van der Waals surface area contributed by atoms with E-state index in [1.165, 1.54) is 5.56 Å². The highest BCUT2D eigenvalue weighted by Crippen LogP contribution is 2.40. The molecule has 0 radical (unpaired) electrons. The van der Waals surface area contributed by atoms with E-state index >= 15 is 0 Å². The Hall–Kier alpha value is -2.53. The first kappa shape index (κ1) is 27.1. The van der Waals surface area contributed by atoms with Crippen LogP contribution < -0.4 is 5.32 Å². The van der Waals surface area contributed by atoms with E-state index in [-0.39, 0.29) is 29.5 Å². The summed E-state index contributed by atoms with van der Waals surface area (Å²) in [4.78, 5) is 15.0. The van der Waals surface area contributed by atoms with Crippen LogP contribution in [-0.2, 0) is 23.7 Å². The molecule has 35 heavy (non-hydrogen) atoms. The molecular formula is C30H44N2O3. The maximum atomic E-state index is 13.1. The first-order valence-electron chi connectivity index (χ1n) is 13.0. The van der Waals surface area contributed by atoms with Crippen LogP contribution in [0.15, 0.2) is 36.4 Å². The van der Waals surface area contributed by atoms with Gasteiger partial charge in [-0.3, -0.25) is 0 Å². The fourth-order valence-corrected chi connectivity index (χ4v) is 5.03. The van der Waals surface area contributed by atoms with Crippen molar-refractivity contribution in [3.63, 3.8) is 0 Å². The summed E-state index contributed by atoms with van der Waals surface area (Å²) >= 11 is 0. The van der Waals surface area contributed by atoms with E-state index in [0.29, 0.717) is 12.2 Å². The predicted molar refractivity (Wildman–Crippen MR) is 144 cm³/mol. The molecule has 5 heteroatoms. The van der Waals surface area contributed by atoms with Crippen LogP contribution >= 0.6 is 0 Å². The molecule has 1 fully saturated rings. The van der Waals surface area contributed by atoms with Crippen molar-refractivity contribution in [1.82, 2.24) is 4.90 Å². The number of carbonyl (C=O) groups is 1. The SMILES string of the molecule is CC(C)(C)c1cc(CCc2ccccc2NC(=O)N2CCCCC2CCO)cc(C(C)(C)C)c1O. The van der Waals surface area contributed by atoms with Crippen LogP contribution in [0, 0.1) is 0 Å². The number of benzene rings is 2. The molecule has 2 aromatic rings. The number of nitrogens with one attached hydrogen (secondary N) is 1. The molecule has 0 spiro atoms. The average Bonchev–Trinajstić information content (AvgIpc) is 2.78. The minimum absolute atomic E-state index is 0.0785. The Kier molecular flexibility index (Phi) is 8.53. The first-order chi connectivity index (χ1) is 16.4. The zero-order valence-corrected chi connectivity index (χ0v) is 22.4. The van der Waals surface area contributed by atoms with Crippen molar-refractivity contribution >= 4 is 11.7 Å². The number of piperidine rings is 1. The highest BCUT2D eigenvalue weighted by molar-refractivity contribution is 5.90. The van der Waals surface area contributed by atoms with Crippen molar-refractivity contribution in [3.8, 4) is 5.75 Å². The lowest BCUT2D eigenvalue weighted by molar-refractivity contribution is 0.141. The lowest BCUT2D eigenvalue weighted by Gasteiger charge is -2.35. The molecule has 3 rings (SSSR count). The van der Waals surface area contributed by atoms with Gasteiger partial charge in [0.25, 0.3) is 0 Å². The summed E-state index contributed by atoms with van der Waals surface area (Å²) in [5.74, 6) is 0.403. The molecular weight excluding hydrogens is 436 g/mol. The molecule has 2 aromatic carbocycles. The summed E-state index contributed by atoms with van der Waals surface area (Å²) in [6.07, 6.45) is 5.28. The molecule has 0 aromatic heterocycles. The third-order valence-electron chi connectivity index (χ3n) is 7.08. The molecule has 5 nitrogen and oxygen atoms in total. The van der Waals surface area contributed by atoms with Crippen LogP contribution in [0.4, 0.5) is 10.5 Å². The number of anilines is 1. The van der Waals surface area contributed by atoms with Gasteiger partial charge in [-0.05, 0) is 77.7 Å². The largest absolute Gasteiger partial charge is 0.507 e. The van der Waals surface area contributed by atoms with Crippen molar-refractivity contribution in [2.45, 2.75) is 96.9 Å². The normalized spacial score (nSPS) is 16.9. The number of nitrogens with zero attached hydrogens (tertiary/aromatic N) is 1. The lowest BCUT2D eigenvalue weighted by atomic mass is 9.78. The van der Waals surface area contributed by atoms with Crippen LogP contribution in [0.1, 0.15) is 89.5 Å². The number of aromatic hydroxyl groups is 1. The number of carbonyl (C=O) groups excluding carboxylic acids is 1. The van der Waals surface area contributed by atoms with Gasteiger partial charge in [0, 0.05) is 24.9 Å². The molecule has 1 aliphatic heterocycles. The number of amides is 2. The molecule has 1 aliphatic rings. The highest BCUT2D eigenvalue weighted by Gasteiger charge is 2.28. The van der Waals surface area contributed by atoms with Gasteiger partial charge in [-0.1, -0.05) is 71.9 Å². The van der Waals surface area contributed by atoms with Crippen molar-refractivity contribution < 1.29 is 15.0 Å². The van der Waals surface area contributed by atoms with Crippen molar-refractivity contribution in [2.24, 2.45) is 0 Å². The van der Waals surface area contributed by atoms with Gasteiger partial charge in [0.15, 0.2) is 0 Å². The maximum absolute atomic E-state index is 13.1. The van der Waals surface area contributed by atoms with E-state index in [1.807, 2.05) is 23.1 Å². The third-order valence-corrected chi connectivity index (χ3v) is 7.08. The van der Waals surface area contributed by atoms with Crippen molar-refractivity contribution in [1.29, 1.82) is 0 Å². The number of hydrogen-bond donors (Lipinski definition) is 3. The van der Waals surface area contributed by atoms with Crippen LogP contribution in [-0.4, -0.2) is 40.3 Å². The van der Waals surface area contributed by atoms with E-state index in [9.17, 15) is 15.0 Å². The van der Waals surface area contributed by atoms with Gasteiger partial charge in [-0.2, -0.15) is 0 Å². The lowest BCUT2D eigenvalue weighted by Crippen LogP contribution is -2.46. The monoisotopic (exact) mass is 480 g/mol. The molecule has 192 valence electrons. The second kappa shape index (κ2) is 11.0. The minimum atomic E-state index is -0.161. The maximum Gasteiger partial charge on any atom is 0.322 e. The molecule has 1 unspecified atom stereocenters. The fraction of sp³-hybridized carbons (Fsp3) is 0.567. The van der Waals surface area contributed by atoms with Crippen molar-refractivity contribution in [2.75, 3.05) is 18.5 Å². The van der Waals surface area contributed by atoms with Gasteiger partial charge >= 0.3 is 6.03 Å². The van der Waals surface area contributed by atoms with Gasteiger partial charge < -0.3 is 20.4 Å². The number of rotatable bonds is 6. The smallest absolute Gasteiger partial charge is 0.322 e. The first-order valence-corrected chi connectivity index (χ1v) is 13.0. The van der Waals surface area contributed by atoms with E-state index < -0.39 is 0 Å². The van der Waals surface area contributed by atoms with Gasteiger partial charge in [0.1, 0.15) is 5.75 Å². The molecule has 3 N–H and O–H groups in total. The van der Waals surface area contributed by atoms with Gasteiger partial charge in [0.05, 0.1) is 0 Å². The molecule has 0 bridgehead atoms. The van der Waals surface area contributed by atoms with Crippen LogP contribution in [0.2, 0.25) is 0 Å². The van der Waals surface area contributed by atoms with E-state index in [4.69, 9.17) is 0 Å². The van der Waals surface area contributed by atoms with E-state index in [2.05, 4.69) is 65.1 Å². The summed E-state index contributed by atoms with van der Waals surface area (Å²) in [6, 6.07) is 12.3. The Morgan fingerprint density at radius 2 is 1.63 bits per heavy atom. The molecule has 2 amide bonds.